The van der Waals surface area contributed by atoms with Crippen LogP contribution in [0.5, 0.6) is 11.5 Å². The van der Waals surface area contributed by atoms with Crippen molar-refractivity contribution >= 4 is 35.4 Å². The number of hydrogen-bond donors (Lipinski definition) is 4. The van der Waals surface area contributed by atoms with Crippen LogP contribution < -0.4 is 30.7 Å². The molecule has 346 valence electrons. The molecule has 4 N–H and O–H groups in total. The largest absolute Gasteiger partial charge is 0.484 e. The number of nitrogens with one attached hydrogen (secondary N) is 4. The number of rotatable bonds is 17. The quantitative estimate of drug-likeness (QED) is 0.182. The summed E-state index contributed by atoms with van der Waals surface area (Å²) in [7, 11) is 0. The molecule has 2 saturated carbocycles. The van der Waals surface area contributed by atoms with Crippen molar-refractivity contribution in [2.45, 2.75) is 102 Å². The number of halogens is 2. The smallest absolute Gasteiger partial charge is 0.344 e. The molecule has 2 aromatic carbocycles. The molecule has 2 aliphatic carbocycles. The van der Waals surface area contributed by atoms with Gasteiger partial charge in [-0.15, -0.1) is 0 Å². The van der Waals surface area contributed by atoms with E-state index in [1.54, 1.807) is 0 Å². The number of fused-ring (bicyclic) bond motifs is 1. The minimum atomic E-state index is -1.05. The van der Waals surface area contributed by atoms with Gasteiger partial charge in [0.2, 0.25) is 17.7 Å². The Balaban J connectivity index is 0.976. The average Bonchev–Trinajstić information content (AvgIpc) is 3.75. The Kier molecular flexibility index (Phi) is 14.9. The van der Waals surface area contributed by atoms with Gasteiger partial charge in [-0.1, -0.05) is 46.0 Å². The highest BCUT2D eigenvalue weighted by molar-refractivity contribution is 5.91. The number of ether oxygens (including phenoxy) is 2. The third-order valence-corrected chi connectivity index (χ3v) is 13.7. The molecule has 0 bridgehead atoms. The van der Waals surface area contributed by atoms with Crippen LogP contribution in [0.15, 0.2) is 48.5 Å². The monoisotopic (exact) mass is 899 g/mol. The normalized spacial score (nSPS) is 24.6. The summed E-state index contributed by atoms with van der Waals surface area (Å²) in [5, 5.41) is 22.7. The van der Waals surface area contributed by atoms with Crippen molar-refractivity contribution in [3.8, 4) is 23.6 Å². The fourth-order valence-electron chi connectivity index (χ4n) is 9.94. The minimum absolute atomic E-state index is 0.00520. The molecule has 3 saturated heterocycles. The Labute approximate surface area is 376 Å². The lowest BCUT2D eigenvalue weighted by Crippen LogP contribution is -2.53. The number of amides is 6. The maximum atomic E-state index is 14.0. The molecule has 0 radical (unpaired) electrons. The van der Waals surface area contributed by atoms with Gasteiger partial charge in [-0.2, -0.15) is 5.26 Å². The van der Waals surface area contributed by atoms with Crippen LogP contribution in [0.2, 0.25) is 0 Å². The van der Waals surface area contributed by atoms with Gasteiger partial charge in [-0.3, -0.25) is 28.8 Å². The zero-order valence-corrected chi connectivity index (χ0v) is 36.7. The summed E-state index contributed by atoms with van der Waals surface area (Å²) in [4.78, 5) is 86.5. The SMILES string of the molecule is CC1(C)[C@@H]2[C@@H](C(=O)N[C@H](C#N)C[C@@H]3CCN([N+]#C[C@H](C[C@@H]4CCNC4=O)NC(=O)[C@H](CC4CCCCC4)NC(=O)COc4ccc(F)cc4)C3=O)N(C(=O)COc3ccc(F)cc3)C[C@@H]21. The van der Waals surface area contributed by atoms with Gasteiger partial charge in [0.15, 0.2) is 19.3 Å². The number of piperidine rings is 1. The molecule has 16 nitrogen and oxygen atoms in total. The summed E-state index contributed by atoms with van der Waals surface area (Å²) in [5.74, 6) is -3.82. The second-order valence-corrected chi connectivity index (χ2v) is 18.5. The van der Waals surface area contributed by atoms with E-state index in [1.165, 1.54) is 58.4 Å². The lowest BCUT2D eigenvalue weighted by atomic mass is 9.84. The van der Waals surface area contributed by atoms with E-state index in [4.69, 9.17) is 9.47 Å². The molecule has 3 aliphatic heterocycles. The van der Waals surface area contributed by atoms with Crippen LogP contribution in [0.4, 0.5) is 8.78 Å². The number of likely N-dealkylation sites (tertiary alicyclic amines) is 1. The maximum Gasteiger partial charge on any atom is 0.344 e. The van der Waals surface area contributed by atoms with Crippen LogP contribution in [0.3, 0.4) is 0 Å². The van der Waals surface area contributed by atoms with Crippen molar-refractivity contribution in [2.24, 2.45) is 35.0 Å². The van der Waals surface area contributed by atoms with Crippen LogP contribution >= 0.6 is 0 Å². The first-order valence-corrected chi connectivity index (χ1v) is 22.6. The molecule has 5 fully saturated rings. The molecule has 0 unspecified atom stereocenters. The first-order valence-electron chi connectivity index (χ1n) is 22.6. The van der Waals surface area contributed by atoms with E-state index in [0.717, 1.165) is 32.1 Å². The third-order valence-electron chi connectivity index (χ3n) is 13.7. The number of nitriles is 1. The van der Waals surface area contributed by atoms with Crippen molar-refractivity contribution in [2.75, 3.05) is 32.8 Å². The predicted molar refractivity (Wildman–Crippen MR) is 230 cm³/mol. The Morgan fingerprint density at radius 2 is 1.49 bits per heavy atom. The minimum Gasteiger partial charge on any atom is -0.484 e. The number of carbonyl (C=O) groups excluding carboxylic acids is 6. The van der Waals surface area contributed by atoms with E-state index in [9.17, 15) is 42.8 Å². The van der Waals surface area contributed by atoms with E-state index in [-0.39, 0.29) is 55.1 Å². The van der Waals surface area contributed by atoms with Crippen molar-refractivity contribution in [1.29, 1.82) is 5.26 Å². The van der Waals surface area contributed by atoms with Crippen LogP contribution in [0.1, 0.15) is 78.1 Å². The van der Waals surface area contributed by atoms with Crippen molar-refractivity contribution in [3.05, 3.63) is 65.1 Å². The average molecular weight is 900 g/mol. The zero-order chi connectivity index (χ0) is 46.3. The molecule has 7 rings (SSSR count). The fourth-order valence-corrected chi connectivity index (χ4v) is 9.94. The topological polar surface area (TPSA) is 204 Å². The third kappa shape index (κ3) is 11.7. The summed E-state index contributed by atoms with van der Waals surface area (Å²) in [5.41, 5.74) is -0.195. The maximum absolute atomic E-state index is 14.0. The number of hydrogen-bond acceptors (Lipinski definition) is 9. The van der Waals surface area contributed by atoms with Gasteiger partial charge in [-0.25, -0.2) is 8.78 Å². The van der Waals surface area contributed by atoms with Gasteiger partial charge in [0.25, 0.3) is 17.7 Å². The van der Waals surface area contributed by atoms with Crippen LogP contribution in [0, 0.1) is 64.0 Å². The van der Waals surface area contributed by atoms with E-state index in [2.05, 4.69) is 38.4 Å². The zero-order valence-electron chi connectivity index (χ0n) is 36.7. The lowest BCUT2D eigenvalue weighted by molar-refractivity contribution is -0.142. The van der Waals surface area contributed by atoms with Gasteiger partial charge < -0.3 is 35.6 Å². The molecule has 5 aliphatic rings. The Hall–Kier alpha value is -6.30. The van der Waals surface area contributed by atoms with E-state index < -0.39 is 83.8 Å². The van der Waals surface area contributed by atoms with Crippen LogP contribution in [-0.4, -0.2) is 102 Å². The Morgan fingerprint density at radius 3 is 2.12 bits per heavy atom. The number of benzene rings is 2. The molecular weight excluding hydrogens is 843 g/mol. The highest BCUT2D eigenvalue weighted by atomic mass is 19.1. The van der Waals surface area contributed by atoms with Gasteiger partial charge >= 0.3 is 6.07 Å². The van der Waals surface area contributed by atoms with Crippen LogP contribution in [0.25, 0.3) is 4.95 Å². The van der Waals surface area contributed by atoms with Gasteiger partial charge in [0.05, 0.1) is 11.0 Å². The van der Waals surface area contributed by atoms with E-state index in [1.807, 2.05) is 13.8 Å². The van der Waals surface area contributed by atoms with Gasteiger partial charge in [0, 0.05) is 24.9 Å². The van der Waals surface area contributed by atoms with Crippen molar-refractivity contribution in [1.82, 2.24) is 31.2 Å². The fraction of sp³-hybridized carbons (Fsp3) is 0.574. The first kappa shape index (κ1) is 46.7. The summed E-state index contributed by atoms with van der Waals surface area (Å²) in [6, 6.07) is 11.7. The van der Waals surface area contributed by atoms with Gasteiger partial charge in [0.1, 0.15) is 47.8 Å². The number of nitrogens with zero attached hydrogens (tertiary/aromatic N) is 4. The van der Waals surface area contributed by atoms with Crippen molar-refractivity contribution < 1.29 is 47.0 Å². The molecule has 6 amide bonds. The van der Waals surface area contributed by atoms with Crippen molar-refractivity contribution in [3.63, 3.8) is 0 Å². The molecule has 0 spiro atoms. The molecule has 65 heavy (non-hydrogen) atoms. The Bertz CT molecular complexity index is 2200. The second kappa shape index (κ2) is 20.7. The lowest BCUT2D eigenvalue weighted by Gasteiger charge is -2.30. The Morgan fingerprint density at radius 1 is 0.846 bits per heavy atom. The van der Waals surface area contributed by atoms with Gasteiger partial charge in [-0.05, 0) is 109 Å². The summed E-state index contributed by atoms with van der Waals surface area (Å²) >= 11 is 0. The van der Waals surface area contributed by atoms with E-state index in [0.29, 0.717) is 43.9 Å². The van der Waals surface area contributed by atoms with E-state index >= 15 is 0 Å². The summed E-state index contributed by atoms with van der Waals surface area (Å²) in [6.45, 7) is 4.31. The molecule has 18 heteroatoms. The molecular formula is C47H57F2N8O8+. The molecule has 3 heterocycles. The molecule has 8 atom stereocenters. The molecule has 2 aromatic rings. The van der Waals surface area contributed by atoms with Crippen LogP contribution in [-0.2, 0) is 28.8 Å². The highest BCUT2D eigenvalue weighted by Gasteiger charge is 2.69. The summed E-state index contributed by atoms with van der Waals surface area (Å²) in [6.07, 6.45) is 6.32. The number of carbonyl (C=O) groups is 6. The predicted octanol–water partition coefficient (Wildman–Crippen LogP) is 3.87. The molecule has 0 aromatic heterocycles. The summed E-state index contributed by atoms with van der Waals surface area (Å²) < 4.78 is 37.9. The highest BCUT2D eigenvalue weighted by Crippen LogP contribution is 2.64. The second-order valence-electron chi connectivity index (χ2n) is 18.5. The standard InChI is InChI=1S/C47H56F2N8O8/c1-47(2)37-25-56(40(59)27-65-36-14-10-32(49)11-15-36)42(41(37)47)45(62)53-33(23-50)22-30-17-19-57(46(30)63)52-24-34(21-29-16-18-51-43(29)60)54-44(61)38(20-28-6-4-3-5-7-28)55-39(58)26-64-35-12-8-31(48)9-13-35/h8-15,28-30,33-34,37-38,41-42H,3-7,16-22,25-27H2,1-2H3,(H3-,51,53,54,55,58,60,61,62)/p+1/t29-,30-,33-,34-,37-,38-,41-,42-/m0/s1. The first-order chi connectivity index (χ1) is 31.2.